The van der Waals surface area contributed by atoms with E-state index in [4.69, 9.17) is 4.79 Å². The minimum absolute atomic E-state index is 0. The average molecular weight is 102 g/mol. The maximum Gasteiger partial charge on any atom is 0.192 e. The maximum absolute atomic E-state index is 9.44. The predicted molar refractivity (Wildman–Crippen MR) is 26.7 cm³/mol. The monoisotopic (exact) mass is 102 g/mol. The molecule has 0 aromatic rings. The van der Waals surface area contributed by atoms with Gasteiger partial charge in [0.25, 0.3) is 0 Å². The van der Waals surface area contributed by atoms with E-state index in [-0.39, 0.29) is 23.6 Å². The Morgan fingerprint density at radius 2 is 1.83 bits per heavy atom. The Morgan fingerprint density at radius 1 is 1.67 bits per heavy atom. The number of Topliss-reactive ketones (excluding diaryl/α,β-unsaturated/α-hetero) is 1. The van der Waals surface area contributed by atoms with E-state index in [1.165, 1.54) is 6.92 Å². The molecule has 0 aliphatic rings. The van der Waals surface area contributed by atoms with Crippen molar-refractivity contribution in [2.75, 3.05) is 0 Å². The SMILES string of the molecule is CC(=O)C=O.[AlH3]. The largest absolute Gasteiger partial charge is 0.295 e. The Balaban J connectivity index is 0. The van der Waals surface area contributed by atoms with Gasteiger partial charge in [-0.3, -0.25) is 9.59 Å². The van der Waals surface area contributed by atoms with Crippen LogP contribution in [0, 0.1) is 0 Å². The summed E-state index contributed by atoms with van der Waals surface area (Å²) >= 11 is 0. The van der Waals surface area contributed by atoms with Crippen molar-refractivity contribution in [3.05, 3.63) is 0 Å². The van der Waals surface area contributed by atoms with Crippen molar-refractivity contribution >= 4 is 29.4 Å². The molecule has 0 spiro atoms. The van der Waals surface area contributed by atoms with E-state index in [1.54, 1.807) is 0 Å². The van der Waals surface area contributed by atoms with E-state index >= 15 is 0 Å². The first-order valence-electron chi connectivity index (χ1n) is 1.23. The predicted octanol–water partition coefficient (Wildman–Crippen LogP) is -1.41. The lowest BCUT2D eigenvalue weighted by Crippen LogP contribution is -1.85. The second-order valence-corrected chi connectivity index (χ2v) is 0.729. The summed E-state index contributed by atoms with van der Waals surface area (Å²) in [5, 5.41) is 0. The molecule has 6 heavy (non-hydrogen) atoms. The van der Waals surface area contributed by atoms with Crippen LogP contribution in [0.15, 0.2) is 0 Å². The summed E-state index contributed by atoms with van der Waals surface area (Å²) in [4.78, 5) is 18.6. The van der Waals surface area contributed by atoms with E-state index in [1.807, 2.05) is 0 Å². The summed E-state index contributed by atoms with van der Waals surface area (Å²) < 4.78 is 0. The second-order valence-electron chi connectivity index (χ2n) is 0.729. The van der Waals surface area contributed by atoms with Crippen molar-refractivity contribution in [2.24, 2.45) is 0 Å². The number of carbonyl (C=O) groups excluding carboxylic acids is 2. The summed E-state index contributed by atoms with van der Waals surface area (Å²) in [6.07, 6.45) is 0.278. The summed E-state index contributed by atoms with van der Waals surface area (Å²) in [7, 11) is 0. The highest BCUT2D eigenvalue weighted by Crippen LogP contribution is 1.48. The van der Waals surface area contributed by atoms with Crippen LogP contribution in [0.2, 0.25) is 0 Å². The van der Waals surface area contributed by atoms with E-state index in [0.29, 0.717) is 0 Å². The summed E-state index contributed by atoms with van der Waals surface area (Å²) in [6, 6.07) is 0. The third-order valence-electron chi connectivity index (χ3n) is 0.166. The maximum atomic E-state index is 9.44. The van der Waals surface area contributed by atoms with Crippen LogP contribution in [0.3, 0.4) is 0 Å². The smallest absolute Gasteiger partial charge is 0.192 e. The third-order valence-corrected chi connectivity index (χ3v) is 0.166. The van der Waals surface area contributed by atoms with E-state index in [9.17, 15) is 4.79 Å². The van der Waals surface area contributed by atoms with Crippen LogP contribution < -0.4 is 0 Å². The van der Waals surface area contributed by atoms with Gasteiger partial charge < -0.3 is 0 Å². The van der Waals surface area contributed by atoms with E-state index < -0.39 is 5.78 Å². The van der Waals surface area contributed by atoms with Crippen molar-refractivity contribution in [3.63, 3.8) is 0 Å². The Bertz CT molecular complexity index is 59.8. The van der Waals surface area contributed by atoms with Crippen molar-refractivity contribution in [1.82, 2.24) is 0 Å². The molecule has 0 saturated heterocycles. The lowest BCUT2D eigenvalue weighted by Gasteiger charge is -1.57. The molecule has 3 heteroatoms. The normalized spacial score (nSPS) is 5.50. The Hall–Kier alpha value is -0.128. The zero-order valence-electron chi connectivity index (χ0n) is 2.89. The molecule has 0 aliphatic heterocycles. The number of hydrogen-bond acceptors (Lipinski definition) is 2. The molecular formula is C3H7AlO2. The molecule has 0 aliphatic carbocycles. The average Bonchev–Trinajstić information content (AvgIpc) is 1.38. The summed E-state index contributed by atoms with van der Waals surface area (Å²) in [5.41, 5.74) is 0. The van der Waals surface area contributed by atoms with Crippen molar-refractivity contribution < 1.29 is 9.59 Å². The summed E-state index contributed by atoms with van der Waals surface area (Å²) in [5.74, 6) is -0.426. The Morgan fingerprint density at radius 3 is 1.83 bits per heavy atom. The molecule has 0 N–H and O–H groups in total. The van der Waals surface area contributed by atoms with Crippen molar-refractivity contribution in [1.29, 1.82) is 0 Å². The first-order chi connectivity index (χ1) is 2.27. The van der Waals surface area contributed by atoms with Gasteiger partial charge >= 0.3 is 0 Å². The minimum atomic E-state index is -0.426. The topological polar surface area (TPSA) is 34.1 Å². The number of aldehydes is 1. The molecule has 0 saturated carbocycles. The van der Waals surface area contributed by atoms with Crippen LogP contribution in [-0.2, 0) is 9.59 Å². The molecular weight excluding hydrogens is 95.0 g/mol. The lowest BCUT2D eigenvalue weighted by molar-refractivity contribution is -0.128. The van der Waals surface area contributed by atoms with Gasteiger partial charge in [0.2, 0.25) is 0 Å². The Kier molecular flexibility index (Phi) is 7.55. The molecule has 0 aromatic heterocycles. The van der Waals surface area contributed by atoms with Gasteiger partial charge in [-0.15, -0.1) is 0 Å². The molecule has 0 radical (unpaired) electrons. The lowest BCUT2D eigenvalue weighted by atomic mass is 10.5. The number of hydrogen-bond donors (Lipinski definition) is 0. The zero-order chi connectivity index (χ0) is 4.28. The quantitative estimate of drug-likeness (QED) is 0.231. The molecule has 0 aromatic carbocycles. The van der Waals surface area contributed by atoms with Gasteiger partial charge in [0.05, 0.1) is 0 Å². The van der Waals surface area contributed by atoms with Crippen LogP contribution in [0.1, 0.15) is 6.92 Å². The highest BCUT2D eigenvalue weighted by molar-refractivity contribution is 6.23. The molecule has 0 atom stereocenters. The fourth-order valence-electron chi connectivity index (χ4n) is 0. The fraction of sp³-hybridized carbons (Fsp3) is 0.333. The first-order valence-corrected chi connectivity index (χ1v) is 1.23. The molecule has 2 nitrogen and oxygen atoms in total. The highest BCUT2D eigenvalue weighted by atomic mass is 27.0. The van der Waals surface area contributed by atoms with E-state index in [2.05, 4.69) is 0 Å². The van der Waals surface area contributed by atoms with Gasteiger partial charge in [-0.2, -0.15) is 0 Å². The van der Waals surface area contributed by atoms with Crippen LogP contribution in [0.25, 0.3) is 0 Å². The van der Waals surface area contributed by atoms with Crippen molar-refractivity contribution in [2.45, 2.75) is 6.92 Å². The number of ketones is 1. The molecule has 0 amide bonds. The molecule has 34 valence electrons. The summed E-state index contributed by atoms with van der Waals surface area (Å²) in [6.45, 7) is 1.22. The Labute approximate surface area is 46.7 Å². The minimum Gasteiger partial charge on any atom is -0.295 e. The number of carbonyl (C=O) groups is 2. The van der Waals surface area contributed by atoms with E-state index in [0.717, 1.165) is 0 Å². The van der Waals surface area contributed by atoms with Gasteiger partial charge in [-0.1, -0.05) is 0 Å². The van der Waals surface area contributed by atoms with Gasteiger partial charge in [-0.05, 0) is 0 Å². The molecule has 0 unspecified atom stereocenters. The highest BCUT2D eigenvalue weighted by Gasteiger charge is 1.76. The van der Waals surface area contributed by atoms with Gasteiger partial charge in [-0.25, -0.2) is 0 Å². The molecule has 0 bridgehead atoms. The standard InChI is InChI=1S/C3H4O2.Al.3H/c1-3(5)2-4;;;;/h2H,1H3;;;;. The molecule has 0 fully saturated rings. The first kappa shape index (κ1) is 9.30. The molecule has 0 rings (SSSR count). The van der Waals surface area contributed by atoms with Gasteiger partial charge in [0.1, 0.15) is 0 Å². The third kappa shape index (κ3) is 9.11. The number of rotatable bonds is 1. The van der Waals surface area contributed by atoms with Crippen LogP contribution in [0.5, 0.6) is 0 Å². The van der Waals surface area contributed by atoms with Gasteiger partial charge in [0, 0.05) is 6.92 Å². The van der Waals surface area contributed by atoms with Crippen LogP contribution in [-0.4, -0.2) is 29.4 Å². The van der Waals surface area contributed by atoms with Crippen molar-refractivity contribution in [3.8, 4) is 0 Å². The van der Waals surface area contributed by atoms with Crippen LogP contribution in [0.4, 0.5) is 0 Å². The second kappa shape index (κ2) is 4.87. The zero-order valence-corrected chi connectivity index (χ0v) is 2.89. The fourth-order valence-corrected chi connectivity index (χ4v) is 0. The molecule has 0 heterocycles. The van der Waals surface area contributed by atoms with Crippen LogP contribution >= 0.6 is 0 Å². The van der Waals surface area contributed by atoms with Gasteiger partial charge in [0.15, 0.2) is 29.4 Å².